The summed E-state index contributed by atoms with van der Waals surface area (Å²) in [7, 11) is 0. The van der Waals surface area contributed by atoms with Gasteiger partial charge in [0, 0.05) is 32.9 Å². The summed E-state index contributed by atoms with van der Waals surface area (Å²) < 4.78 is 4.82. The average Bonchev–Trinajstić information content (AvgIpc) is 3.55. The Hall–Kier alpha value is -4.56. The van der Waals surface area contributed by atoms with Crippen LogP contribution in [-0.4, -0.2) is 9.13 Å². The van der Waals surface area contributed by atoms with Crippen molar-refractivity contribution in [2.75, 3.05) is 0 Å². The number of hydrogen-bond donors (Lipinski definition) is 0. The van der Waals surface area contributed by atoms with Crippen LogP contribution in [0, 0.1) is 0 Å². The summed E-state index contributed by atoms with van der Waals surface area (Å²) in [6.07, 6.45) is 11.0. The Kier molecular flexibility index (Phi) is 7.13. The Balaban J connectivity index is 1.33. The molecule has 0 atom stereocenters. The highest BCUT2D eigenvalue weighted by molar-refractivity contribution is 6.12. The fourth-order valence-electron chi connectivity index (χ4n) is 6.70. The number of nitrogens with zero attached hydrogens (tertiary/aromatic N) is 2. The second kappa shape index (κ2) is 11.4. The maximum absolute atomic E-state index is 3.92. The molecule has 0 aliphatic carbocycles. The van der Waals surface area contributed by atoms with Crippen molar-refractivity contribution in [1.82, 2.24) is 9.13 Å². The first-order valence-corrected chi connectivity index (χ1v) is 15.6. The number of benzene rings is 5. The topological polar surface area (TPSA) is 9.86 Å². The fraction of sp³-hybridized carbons (Fsp3) is 0.200. The Morgan fingerprint density at radius 3 is 1.76 bits per heavy atom. The quantitative estimate of drug-likeness (QED) is 0.151. The van der Waals surface area contributed by atoms with Crippen molar-refractivity contribution in [3.63, 3.8) is 0 Å². The van der Waals surface area contributed by atoms with Gasteiger partial charge in [0.05, 0.1) is 22.1 Å². The molecule has 208 valence electrons. The second-order valence-electron chi connectivity index (χ2n) is 11.6. The molecule has 2 aromatic heterocycles. The summed E-state index contributed by atoms with van der Waals surface area (Å²) in [6.45, 7) is 6.20. The summed E-state index contributed by atoms with van der Waals surface area (Å²) in [5, 5.41) is 5.20. The molecule has 0 amide bonds. The van der Waals surface area contributed by atoms with Gasteiger partial charge in [-0.05, 0) is 78.6 Å². The zero-order chi connectivity index (χ0) is 28.5. The lowest BCUT2D eigenvalue weighted by Crippen LogP contribution is -1.96. The Bertz CT molecular complexity index is 2030. The molecule has 7 rings (SSSR count). The van der Waals surface area contributed by atoms with Crippen molar-refractivity contribution in [1.29, 1.82) is 0 Å². The van der Waals surface area contributed by atoms with E-state index in [4.69, 9.17) is 0 Å². The molecule has 0 aliphatic rings. The number of aromatic nitrogens is 2. The van der Waals surface area contributed by atoms with Gasteiger partial charge in [0.1, 0.15) is 0 Å². The van der Waals surface area contributed by atoms with Crippen LogP contribution in [-0.2, 0) is 6.42 Å². The first-order valence-electron chi connectivity index (χ1n) is 15.6. The Morgan fingerprint density at radius 2 is 1.07 bits per heavy atom. The predicted octanol–water partition coefficient (Wildman–Crippen LogP) is 11.4. The van der Waals surface area contributed by atoms with Gasteiger partial charge in [-0.25, -0.2) is 0 Å². The highest BCUT2D eigenvalue weighted by atomic mass is 15.0. The molecular weight excluding hydrogens is 508 g/mol. The van der Waals surface area contributed by atoms with Gasteiger partial charge in [0.25, 0.3) is 0 Å². The van der Waals surface area contributed by atoms with Crippen molar-refractivity contribution < 1.29 is 0 Å². The van der Waals surface area contributed by atoms with Gasteiger partial charge in [-0.2, -0.15) is 0 Å². The SMILES string of the molecule is C=Cc1ccc(-n2c3ccccc3c3cc(-n4c5ccccc5c5cc(CCCCCCCC)ccc54)ccc32)cc1. The number of unbranched alkanes of at least 4 members (excludes halogenated alkanes) is 5. The van der Waals surface area contributed by atoms with Gasteiger partial charge in [0.15, 0.2) is 0 Å². The predicted molar refractivity (Wildman–Crippen MR) is 182 cm³/mol. The standard InChI is InChI=1S/C40H38N2/c1-3-5-6-7-8-9-14-30-21-25-39-35(27-30)33-15-10-13-18-38(33)42(39)32-24-26-40-36(28-32)34-16-11-12-17-37(34)41(40)31-22-19-29(4-2)20-23-31/h4,10-13,15-28H,2-3,5-9,14H2,1H3. The van der Waals surface area contributed by atoms with Gasteiger partial charge >= 0.3 is 0 Å². The maximum Gasteiger partial charge on any atom is 0.0542 e. The van der Waals surface area contributed by atoms with E-state index in [1.165, 1.54) is 93.4 Å². The molecule has 0 unspecified atom stereocenters. The van der Waals surface area contributed by atoms with Crippen LogP contribution in [0.3, 0.4) is 0 Å². The molecule has 2 nitrogen and oxygen atoms in total. The van der Waals surface area contributed by atoms with Crippen molar-refractivity contribution in [3.05, 3.63) is 127 Å². The van der Waals surface area contributed by atoms with Crippen LogP contribution in [0.15, 0.2) is 116 Å². The molecule has 0 aliphatic heterocycles. The minimum absolute atomic E-state index is 1.13. The molecule has 0 bridgehead atoms. The third-order valence-corrected chi connectivity index (χ3v) is 8.86. The van der Waals surface area contributed by atoms with Crippen LogP contribution in [0.5, 0.6) is 0 Å². The van der Waals surface area contributed by atoms with E-state index in [-0.39, 0.29) is 0 Å². The van der Waals surface area contributed by atoms with Crippen molar-refractivity contribution in [2.45, 2.75) is 51.9 Å². The van der Waals surface area contributed by atoms with Crippen molar-refractivity contribution in [2.24, 2.45) is 0 Å². The Morgan fingerprint density at radius 1 is 0.524 bits per heavy atom. The minimum Gasteiger partial charge on any atom is -0.309 e. The molecule has 2 heteroatoms. The molecule has 0 fully saturated rings. The van der Waals surface area contributed by atoms with E-state index in [1.54, 1.807) is 0 Å². The first-order chi connectivity index (χ1) is 20.8. The zero-order valence-electron chi connectivity index (χ0n) is 24.5. The molecule has 2 heterocycles. The lowest BCUT2D eigenvalue weighted by molar-refractivity contribution is 0.607. The zero-order valence-corrected chi connectivity index (χ0v) is 24.5. The summed E-state index contributed by atoms with van der Waals surface area (Å²) in [4.78, 5) is 0. The summed E-state index contributed by atoms with van der Waals surface area (Å²) in [5.41, 5.74) is 9.89. The van der Waals surface area contributed by atoms with Crippen molar-refractivity contribution in [3.8, 4) is 11.4 Å². The first kappa shape index (κ1) is 26.3. The molecule has 42 heavy (non-hydrogen) atoms. The van der Waals surface area contributed by atoms with E-state index in [1.807, 2.05) is 6.08 Å². The number of para-hydroxylation sites is 2. The summed E-state index contributed by atoms with van der Waals surface area (Å²) in [6, 6.07) is 40.3. The second-order valence-corrected chi connectivity index (χ2v) is 11.6. The molecule has 0 N–H and O–H groups in total. The van der Waals surface area contributed by atoms with E-state index >= 15 is 0 Å². The van der Waals surface area contributed by atoms with Gasteiger partial charge in [-0.1, -0.05) is 106 Å². The number of rotatable bonds is 10. The molecular formula is C40H38N2. The number of fused-ring (bicyclic) bond motifs is 6. The van der Waals surface area contributed by atoms with Gasteiger partial charge in [-0.15, -0.1) is 0 Å². The monoisotopic (exact) mass is 546 g/mol. The summed E-state index contributed by atoms with van der Waals surface area (Å²) >= 11 is 0. The van der Waals surface area contributed by atoms with Crippen LogP contribution in [0.1, 0.15) is 56.6 Å². The highest BCUT2D eigenvalue weighted by Gasteiger charge is 2.16. The lowest BCUT2D eigenvalue weighted by Gasteiger charge is -2.11. The Labute approximate surface area is 248 Å². The van der Waals surface area contributed by atoms with Crippen LogP contribution < -0.4 is 0 Å². The highest BCUT2D eigenvalue weighted by Crippen LogP contribution is 2.37. The maximum atomic E-state index is 3.92. The molecule has 0 radical (unpaired) electrons. The fourth-order valence-corrected chi connectivity index (χ4v) is 6.70. The van der Waals surface area contributed by atoms with E-state index in [2.05, 4.69) is 132 Å². The normalized spacial score (nSPS) is 11.7. The summed E-state index contributed by atoms with van der Waals surface area (Å²) in [5.74, 6) is 0. The minimum atomic E-state index is 1.13. The van der Waals surface area contributed by atoms with E-state index in [0.717, 1.165) is 17.7 Å². The third kappa shape index (κ3) is 4.61. The van der Waals surface area contributed by atoms with Gasteiger partial charge in [-0.3, -0.25) is 0 Å². The van der Waals surface area contributed by atoms with Gasteiger partial charge in [0.2, 0.25) is 0 Å². The van der Waals surface area contributed by atoms with Crippen LogP contribution >= 0.6 is 0 Å². The largest absolute Gasteiger partial charge is 0.309 e. The molecule has 5 aromatic carbocycles. The van der Waals surface area contributed by atoms with E-state index in [0.29, 0.717) is 0 Å². The van der Waals surface area contributed by atoms with Crippen molar-refractivity contribution >= 4 is 49.7 Å². The lowest BCUT2D eigenvalue weighted by atomic mass is 10.0. The number of hydrogen-bond acceptors (Lipinski definition) is 0. The third-order valence-electron chi connectivity index (χ3n) is 8.86. The molecule has 0 spiro atoms. The average molecular weight is 547 g/mol. The van der Waals surface area contributed by atoms with Crippen LogP contribution in [0.2, 0.25) is 0 Å². The smallest absolute Gasteiger partial charge is 0.0542 e. The molecule has 7 aromatic rings. The van der Waals surface area contributed by atoms with E-state index in [9.17, 15) is 0 Å². The van der Waals surface area contributed by atoms with Crippen LogP contribution in [0.4, 0.5) is 0 Å². The number of aryl methyl sites for hydroxylation is 1. The molecule has 0 saturated carbocycles. The van der Waals surface area contributed by atoms with Crippen LogP contribution in [0.25, 0.3) is 61.1 Å². The molecule has 0 saturated heterocycles. The van der Waals surface area contributed by atoms with E-state index < -0.39 is 0 Å². The van der Waals surface area contributed by atoms with Gasteiger partial charge < -0.3 is 9.13 Å².